The summed E-state index contributed by atoms with van der Waals surface area (Å²) in [6, 6.07) is 13.8. The van der Waals surface area contributed by atoms with Crippen LogP contribution in [0.3, 0.4) is 0 Å². The smallest absolute Gasteiger partial charge is 0.307 e. The molecule has 10 heteroatoms. The number of hydrogen-bond donors (Lipinski definition) is 4. The summed E-state index contributed by atoms with van der Waals surface area (Å²) in [7, 11) is 3.85. The van der Waals surface area contributed by atoms with E-state index in [1.807, 2.05) is 51.9 Å². The SMILES string of the molecule is CC/C(C)=C\CCC(C)C(CCC(C)C(CC)C(CC(=O)Nc1ccc(C(C)=O)cc1)C(=O)O)C(CC(=O)Nc1ccc(N(C)C)cc1)C(=O)O. The molecule has 6 atom stereocenters. The summed E-state index contributed by atoms with van der Waals surface area (Å²) in [6.07, 6.45) is 5.86. The summed E-state index contributed by atoms with van der Waals surface area (Å²) in [4.78, 5) is 65.1. The third-order valence-corrected chi connectivity index (χ3v) is 10.3. The molecule has 2 amide bonds. The fourth-order valence-corrected chi connectivity index (χ4v) is 6.88. The summed E-state index contributed by atoms with van der Waals surface area (Å²) >= 11 is 0. The first-order valence-electron chi connectivity index (χ1n) is 18.2. The fraction of sp³-hybridized carbons (Fsp3) is 0.537. The first-order valence-corrected chi connectivity index (χ1v) is 18.2. The number of amides is 2. The molecule has 2 aromatic rings. The van der Waals surface area contributed by atoms with Gasteiger partial charge in [-0.1, -0.05) is 52.2 Å². The minimum atomic E-state index is -1.06. The Bertz CT molecular complexity index is 1480. The van der Waals surface area contributed by atoms with Crippen molar-refractivity contribution in [2.45, 2.75) is 92.9 Å². The number of benzene rings is 2. The second-order valence-electron chi connectivity index (χ2n) is 14.2. The standard InChI is InChI=1S/C41H59N3O7/c1-9-26(3)12-11-13-27(4)35(37(41(50)51)25-39(47)43-32-19-21-33(22-20-32)44(7)8)23-14-28(5)34(10-2)36(40(48)49)24-38(46)42-31-17-15-30(16-18-31)29(6)45/h12,15-22,27-28,34-37H,9-11,13-14,23-25H2,1-8H3,(H,42,46)(H,43,47)(H,48,49)(H,50,51)/b26-12-. The van der Waals surface area contributed by atoms with Gasteiger partial charge in [-0.25, -0.2) is 0 Å². The van der Waals surface area contributed by atoms with Gasteiger partial charge in [0.1, 0.15) is 0 Å². The van der Waals surface area contributed by atoms with Crippen molar-refractivity contribution in [1.82, 2.24) is 0 Å². The molecular weight excluding hydrogens is 646 g/mol. The molecule has 0 aromatic heterocycles. The van der Waals surface area contributed by atoms with Crippen molar-refractivity contribution in [2.75, 3.05) is 29.6 Å². The zero-order chi connectivity index (χ0) is 38.2. The van der Waals surface area contributed by atoms with E-state index in [9.17, 15) is 34.2 Å². The van der Waals surface area contributed by atoms with Gasteiger partial charge in [0, 0.05) is 49.6 Å². The van der Waals surface area contributed by atoms with Crippen molar-refractivity contribution in [3.05, 3.63) is 65.7 Å². The molecule has 4 N–H and O–H groups in total. The van der Waals surface area contributed by atoms with Crippen molar-refractivity contribution in [2.24, 2.45) is 35.5 Å². The lowest BCUT2D eigenvalue weighted by molar-refractivity contribution is -0.146. The molecular formula is C41H59N3O7. The summed E-state index contributed by atoms with van der Waals surface area (Å²) in [5, 5.41) is 26.3. The van der Waals surface area contributed by atoms with Gasteiger partial charge in [0.2, 0.25) is 11.8 Å². The molecule has 51 heavy (non-hydrogen) atoms. The number of ketones is 1. The fourth-order valence-electron chi connectivity index (χ4n) is 6.88. The van der Waals surface area contributed by atoms with E-state index in [1.165, 1.54) is 12.5 Å². The third kappa shape index (κ3) is 14.0. The molecule has 0 heterocycles. The molecule has 0 bridgehead atoms. The highest BCUT2D eigenvalue weighted by Gasteiger charge is 2.37. The van der Waals surface area contributed by atoms with Gasteiger partial charge in [0.25, 0.3) is 0 Å². The molecule has 0 radical (unpaired) electrons. The summed E-state index contributed by atoms with van der Waals surface area (Å²) in [5.74, 6) is -5.66. The van der Waals surface area contributed by atoms with Gasteiger partial charge in [-0.3, -0.25) is 24.0 Å². The normalized spacial score (nSPS) is 15.1. The Balaban J connectivity index is 2.23. The predicted octanol–water partition coefficient (Wildman–Crippen LogP) is 8.55. The number of carbonyl (C=O) groups excluding carboxylic acids is 3. The Kier molecular flexibility index (Phi) is 17.6. The molecule has 10 nitrogen and oxygen atoms in total. The lowest BCUT2D eigenvalue weighted by Crippen LogP contribution is -2.34. The maximum absolute atomic E-state index is 13.2. The quantitative estimate of drug-likeness (QED) is 0.0702. The average molecular weight is 706 g/mol. The van der Waals surface area contributed by atoms with Gasteiger partial charge in [0.15, 0.2) is 5.78 Å². The zero-order valence-electron chi connectivity index (χ0n) is 31.7. The van der Waals surface area contributed by atoms with Gasteiger partial charge >= 0.3 is 11.9 Å². The Morgan fingerprint density at radius 1 is 0.706 bits per heavy atom. The minimum absolute atomic E-state index is 0.0121. The first-order chi connectivity index (χ1) is 24.1. The highest BCUT2D eigenvalue weighted by molar-refractivity contribution is 5.96. The number of anilines is 3. The van der Waals surface area contributed by atoms with Gasteiger partial charge in [0.05, 0.1) is 11.8 Å². The van der Waals surface area contributed by atoms with Crippen LogP contribution < -0.4 is 15.5 Å². The highest BCUT2D eigenvalue weighted by Crippen LogP contribution is 2.37. The van der Waals surface area contributed by atoms with Gasteiger partial charge in [-0.2, -0.15) is 0 Å². The van der Waals surface area contributed by atoms with Crippen molar-refractivity contribution in [3.8, 4) is 0 Å². The van der Waals surface area contributed by atoms with Crippen LogP contribution in [-0.2, 0) is 19.2 Å². The second kappa shape index (κ2) is 21.0. The van der Waals surface area contributed by atoms with Crippen molar-refractivity contribution >= 4 is 46.6 Å². The molecule has 0 aliphatic heterocycles. The van der Waals surface area contributed by atoms with Crippen LogP contribution >= 0.6 is 0 Å². The van der Waals surface area contributed by atoms with Crippen LogP contribution in [0.5, 0.6) is 0 Å². The van der Waals surface area contributed by atoms with Crippen LogP contribution in [0, 0.1) is 35.5 Å². The highest BCUT2D eigenvalue weighted by atomic mass is 16.4. The van der Waals surface area contributed by atoms with Crippen LogP contribution in [0.1, 0.15) is 103 Å². The number of nitrogens with one attached hydrogen (secondary N) is 2. The number of allylic oxidation sites excluding steroid dienone is 2. The van der Waals surface area contributed by atoms with E-state index in [2.05, 4.69) is 30.6 Å². The number of Topliss-reactive ketones (excluding diaryl/α,β-unsaturated/α-hetero) is 1. The average Bonchev–Trinajstić information content (AvgIpc) is 3.07. The number of carboxylic acids is 2. The summed E-state index contributed by atoms with van der Waals surface area (Å²) in [6.45, 7) is 11.6. The second-order valence-corrected chi connectivity index (χ2v) is 14.2. The lowest BCUT2D eigenvalue weighted by atomic mass is 9.71. The number of hydrogen-bond acceptors (Lipinski definition) is 6. The van der Waals surface area contributed by atoms with Crippen LogP contribution in [-0.4, -0.2) is 53.8 Å². The van der Waals surface area contributed by atoms with Crippen LogP contribution in [0.4, 0.5) is 17.1 Å². The van der Waals surface area contributed by atoms with Crippen LogP contribution in [0.25, 0.3) is 0 Å². The number of carbonyl (C=O) groups is 5. The minimum Gasteiger partial charge on any atom is -0.481 e. The number of carboxylic acid groups (broad SMARTS) is 2. The maximum atomic E-state index is 13.2. The van der Waals surface area contributed by atoms with Crippen LogP contribution in [0.2, 0.25) is 0 Å². The van der Waals surface area contributed by atoms with E-state index >= 15 is 0 Å². The molecule has 0 fully saturated rings. The molecule has 0 saturated carbocycles. The third-order valence-electron chi connectivity index (χ3n) is 10.3. The number of nitrogens with zero attached hydrogens (tertiary/aromatic N) is 1. The maximum Gasteiger partial charge on any atom is 0.307 e. The molecule has 2 rings (SSSR count). The first kappa shape index (κ1) is 42.7. The monoisotopic (exact) mass is 705 g/mol. The van der Waals surface area contributed by atoms with E-state index in [1.54, 1.807) is 36.4 Å². The van der Waals surface area contributed by atoms with E-state index in [0.29, 0.717) is 36.2 Å². The van der Waals surface area contributed by atoms with Gasteiger partial charge < -0.3 is 25.7 Å². The van der Waals surface area contributed by atoms with Crippen molar-refractivity contribution in [1.29, 1.82) is 0 Å². The summed E-state index contributed by atoms with van der Waals surface area (Å²) < 4.78 is 0. The largest absolute Gasteiger partial charge is 0.481 e. The number of rotatable bonds is 22. The molecule has 6 unspecified atom stereocenters. The van der Waals surface area contributed by atoms with Crippen molar-refractivity contribution < 1.29 is 34.2 Å². The molecule has 0 saturated heterocycles. The van der Waals surface area contributed by atoms with E-state index in [4.69, 9.17) is 0 Å². The van der Waals surface area contributed by atoms with E-state index in [0.717, 1.165) is 24.9 Å². The van der Waals surface area contributed by atoms with Gasteiger partial charge in [-0.05, 0) is 112 Å². The lowest BCUT2D eigenvalue weighted by Gasteiger charge is -2.33. The number of aliphatic carboxylic acids is 2. The van der Waals surface area contributed by atoms with Crippen LogP contribution in [0.15, 0.2) is 60.2 Å². The van der Waals surface area contributed by atoms with Gasteiger partial charge in [-0.15, -0.1) is 0 Å². The topological polar surface area (TPSA) is 153 Å². The Morgan fingerprint density at radius 2 is 1.18 bits per heavy atom. The molecule has 280 valence electrons. The molecule has 0 aliphatic carbocycles. The van der Waals surface area contributed by atoms with E-state index < -0.39 is 29.7 Å². The Hall–Kier alpha value is -4.47. The van der Waals surface area contributed by atoms with Crippen molar-refractivity contribution in [3.63, 3.8) is 0 Å². The Morgan fingerprint density at radius 3 is 1.61 bits per heavy atom. The molecule has 0 spiro atoms. The van der Waals surface area contributed by atoms with E-state index in [-0.39, 0.29) is 48.2 Å². The zero-order valence-corrected chi connectivity index (χ0v) is 31.7. The predicted molar refractivity (Wildman–Crippen MR) is 204 cm³/mol. The molecule has 0 aliphatic rings. The Labute approximate surface area is 304 Å². The summed E-state index contributed by atoms with van der Waals surface area (Å²) in [5.41, 5.74) is 3.83. The molecule has 2 aromatic carbocycles.